The molecule has 0 unspecified atom stereocenters. The summed E-state index contributed by atoms with van der Waals surface area (Å²) in [4.78, 5) is 2.72. The molecule has 2 aliphatic rings. The Morgan fingerprint density at radius 3 is 1.43 bits per heavy atom. The summed E-state index contributed by atoms with van der Waals surface area (Å²) < 4.78 is 7.66. The van der Waals surface area contributed by atoms with E-state index in [2.05, 4.69) is 345 Å². The number of para-hydroxylation sites is 5. The summed E-state index contributed by atoms with van der Waals surface area (Å²) in [6, 6.07) is 108. The lowest BCUT2D eigenvalue weighted by Crippen LogP contribution is -2.60. The van der Waals surface area contributed by atoms with Crippen LogP contribution < -0.4 is 21.3 Å². The maximum atomic E-state index is 2.72. The molecule has 13 aromatic carbocycles. The number of anilines is 3. The van der Waals surface area contributed by atoms with Crippen molar-refractivity contribution in [1.82, 2.24) is 13.7 Å². The zero-order chi connectivity index (χ0) is 61.0. The zero-order valence-electron chi connectivity index (χ0n) is 52.0. The van der Waals surface area contributed by atoms with Gasteiger partial charge >= 0.3 is 0 Å². The second-order valence-electron chi connectivity index (χ2n) is 27.2. The minimum atomic E-state index is -0.168. The SMILES string of the molecule is CC(C)(C)c1cccc(-c2cccc(-c3cccc(C(C)(C)C)c3)c2N2c3cc4c5ccc(-c6ccccc6)cc5n(-c5ccccc5)c4cc3B3c4c2cc(-c2ccccc2)cc4-n2c4ccc5c(c6ccccc6n5-c5ccccc5)c4c4cccc3c42)c1. The van der Waals surface area contributed by atoms with Crippen molar-refractivity contribution in [2.75, 3.05) is 4.90 Å². The monoisotopic (exact) mass is 1160 g/mol. The average Bonchev–Trinajstić information content (AvgIpc) is 1.65. The quantitative estimate of drug-likeness (QED) is 0.145. The summed E-state index contributed by atoms with van der Waals surface area (Å²) in [6.07, 6.45) is 0. The van der Waals surface area contributed by atoms with E-state index < -0.39 is 0 Å². The number of hydrogen-bond acceptors (Lipinski definition) is 1. The van der Waals surface area contributed by atoms with Crippen LogP contribution in [-0.4, -0.2) is 20.4 Å². The first kappa shape index (κ1) is 53.2. The van der Waals surface area contributed by atoms with Gasteiger partial charge in [-0.05, 0) is 145 Å². The van der Waals surface area contributed by atoms with E-state index in [1.165, 1.54) is 149 Å². The van der Waals surface area contributed by atoms with Crippen LogP contribution in [0.3, 0.4) is 0 Å². The van der Waals surface area contributed by atoms with E-state index in [4.69, 9.17) is 0 Å². The fraction of sp³-hybridized carbons (Fsp3) is 0.0930. The number of fused-ring (bicyclic) bond motifs is 14. The summed E-state index contributed by atoms with van der Waals surface area (Å²) in [5, 5.41) is 7.45. The molecule has 0 N–H and O–H groups in total. The van der Waals surface area contributed by atoms with Crippen LogP contribution in [0.15, 0.2) is 285 Å². The smallest absolute Gasteiger partial charge is 0.252 e. The van der Waals surface area contributed by atoms with Crippen LogP contribution in [0.25, 0.3) is 127 Å². The van der Waals surface area contributed by atoms with Crippen molar-refractivity contribution in [2.45, 2.75) is 52.4 Å². The van der Waals surface area contributed by atoms with Gasteiger partial charge in [-0.3, -0.25) is 0 Å². The lowest BCUT2D eigenvalue weighted by molar-refractivity contribution is 0.590. The summed E-state index contributed by atoms with van der Waals surface area (Å²) in [5.74, 6) is 0. The molecule has 0 fully saturated rings. The highest BCUT2D eigenvalue weighted by atomic mass is 15.2. The standard InChI is InChI=1S/C86H65BN4/c1-85(2,3)60-31-21-29-57(47-60)64-38-23-39-65(58-30-22-32-61(48-58)86(4,5)6)83(64)91-77-52-69-66-44-43-56(54-25-11-7-12-26-54)49-75(66)89(63-35-17-10-18-36-63)76(69)53-71(77)87-70-41-24-40-68-81-74(90(84(68)70)78-50-59(51-79(91)82(78)87)55-27-13-8-14-28-55)46-45-73-80(81)67-37-19-20-42-72(67)88(73)62-33-15-9-16-34-62/h7-53H,1-6H3. The number of hydrogen-bond donors (Lipinski definition) is 0. The Kier molecular flexibility index (Phi) is 11.6. The van der Waals surface area contributed by atoms with Crippen molar-refractivity contribution in [3.05, 3.63) is 296 Å². The van der Waals surface area contributed by atoms with Gasteiger partial charge in [-0.25, -0.2) is 0 Å². The van der Waals surface area contributed by atoms with Gasteiger partial charge in [0.1, 0.15) is 0 Å². The molecular weight excluding hydrogens is 1100 g/mol. The van der Waals surface area contributed by atoms with Crippen LogP contribution in [0.2, 0.25) is 0 Å². The van der Waals surface area contributed by atoms with Gasteiger partial charge in [0.05, 0.1) is 33.3 Å². The molecule has 0 saturated heterocycles. The van der Waals surface area contributed by atoms with Gasteiger partial charge in [0.2, 0.25) is 0 Å². The van der Waals surface area contributed by atoms with E-state index in [1.54, 1.807) is 0 Å². The van der Waals surface area contributed by atoms with Gasteiger partial charge in [-0.2, -0.15) is 0 Å². The van der Waals surface area contributed by atoms with Gasteiger partial charge in [0.15, 0.2) is 0 Å². The van der Waals surface area contributed by atoms with Gasteiger partial charge in [0, 0.05) is 77.4 Å². The third-order valence-corrected chi connectivity index (χ3v) is 19.9. The van der Waals surface area contributed by atoms with Crippen molar-refractivity contribution in [3.63, 3.8) is 0 Å². The number of rotatable bonds is 7. The van der Waals surface area contributed by atoms with Gasteiger partial charge in [0.25, 0.3) is 6.71 Å². The highest BCUT2D eigenvalue weighted by Gasteiger charge is 2.44. The topological polar surface area (TPSA) is 18.0 Å². The summed E-state index contributed by atoms with van der Waals surface area (Å²) in [6.45, 7) is 13.8. The lowest BCUT2D eigenvalue weighted by Gasteiger charge is -2.42. The number of benzene rings is 13. The molecule has 0 aliphatic carbocycles. The second-order valence-corrected chi connectivity index (χ2v) is 27.2. The van der Waals surface area contributed by atoms with Crippen LogP contribution in [0.5, 0.6) is 0 Å². The molecule has 0 saturated carbocycles. The van der Waals surface area contributed by atoms with Crippen molar-refractivity contribution in [2.24, 2.45) is 0 Å². The lowest BCUT2D eigenvalue weighted by atomic mass is 9.33. The third kappa shape index (κ3) is 8.03. The first-order valence-electron chi connectivity index (χ1n) is 32.1. The van der Waals surface area contributed by atoms with E-state index >= 15 is 0 Å². The molecule has 0 radical (unpaired) electrons. The summed E-state index contributed by atoms with van der Waals surface area (Å²) in [7, 11) is 0. The molecule has 0 amide bonds. The average molecular weight is 1170 g/mol. The van der Waals surface area contributed by atoms with Crippen LogP contribution in [-0.2, 0) is 10.8 Å². The molecule has 2 aliphatic heterocycles. The maximum absolute atomic E-state index is 2.72. The Morgan fingerprint density at radius 1 is 0.286 bits per heavy atom. The minimum Gasteiger partial charge on any atom is -0.310 e. The second kappa shape index (κ2) is 19.8. The molecular formula is C86H65BN4. The van der Waals surface area contributed by atoms with Gasteiger partial charge in [-0.15, -0.1) is 0 Å². The highest BCUT2D eigenvalue weighted by molar-refractivity contribution is 7.00. The zero-order valence-corrected chi connectivity index (χ0v) is 52.0. The molecule has 432 valence electrons. The molecule has 3 aromatic heterocycles. The van der Waals surface area contributed by atoms with Crippen molar-refractivity contribution >= 4 is 106 Å². The Bertz CT molecular complexity index is 5580. The molecule has 18 rings (SSSR count). The molecule has 4 nitrogen and oxygen atoms in total. The van der Waals surface area contributed by atoms with Crippen LogP contribution in [0, 0.1) is 0 Å². The van der Waals surface area contributed by atoms with Crippen molar-refractivity contribution < 1.29 is 0 Å². The normalized spacial score (nSPS) is 12.9. The maximum Gasteiger partial charge on any atom is 0.252 e. The highest BCUT2D eigenvalue weighted by Crippen LogP contribution is 2.52. The Balaban J connectivity index is 1.04. The van der Waals surface area contributed by atoms with E-state index in [1.807, 2.05) is 0 Å². The molecule has 0 atom stereocenters. The predicted molar refractivity (Wildman–Crippen MR) is 388 cm³/mol. The first-order valence-corrected chi connectivity index (χ1v) is 32.1. The largest absolute Gasteiger partial charge is 0.310 e. The third-order valence-electron chi connectivity index (χ3n) is 19.9. The Labute approximate surface area is 531 Å². The first-order chi connectivity index (χ1) is 44.4. The van der Waals surface area contributed by atoms with E-state index in [-0.39, 0.29) is 17.5 Å². The summed E-state index contributed by atoms with van der Waals surface area (Å²) >= 11 is 0. The summed E-state index contributed by atoms with van der Waals surface area (Å²) in [5.41, 5.74) is 29.9. The van der Waals surface area contributed by atoms with Crippen LogP contribution in [0.4, 0.5) is 17.1 Å². The molecule has 0 bridgehead atoms. The fourth-order valence-electron chi connectivity index (χ4n) is 15.6. The molecule has 5 heterocycles. The van der Waals surface area contributed by atoms with E-state index in [9.17, 15) is 0 Å². The van der Waals surface area contributed by atoms with Gasteiger partial charge in [-0.1, -0.05) is 254 Å². The van der Waals surface area contributed by atoms with E-state index in [0.717, 1.165) is 22.6 Å². The van der Waals surface area contributed by atoms with Gasteiger partial charge < -0.3 is 18.6 Å². The molecule has 91 heavy (non-hydrogen) atoms. The Hall–Kier alpha value is -10.9. The van der Waals surface area contributed by atoms with Crippen molar-refractivity contribution in [1.29, 1.82) is 0 Å². The molecule has 5 heteroatoms. The minimum absolute atomic E-state index is 0.0812. The molecule has 16 aromatic rings. The fourth-order valence-corrected chi connectivity index (χ4v) is 15.6. The van der Waals surface area contributed by atoms with Crippen LogP contribution >= 0.6 is 0 Å². The number of aromatic nitrogens is 3. The van der Waals surface area contributed by atoms with E-state index in [0.29, 0.717) is 0 Å². The molecule has 0 spiro atoms. The predicted octanol–water partition coefficient (Wildman–Crippen LogP) is 20.9. The van der Waals surface area contributed by atoms with Crippen LogP contribution in [0.1, 0.15) is 52.7 Å². The Morgan fingerprint density at radius 2 is 0.791 bits per heavy atom. The van der Waals surface area contributed by atoms with Crippen molar-refractivity contribution in [3.8, 4) is 61.6 Å². The number of nitrogens with zero attached hydrogens (tertiary/aromatic N) is 4.